The zero-order valence-electron chi connectivity index (χ0n) is 17.5. The molecule has 4 rings (SSSR count). The van der Waals surface area contributed by atoms with Gasteiger partial charge in [0.05, 0.1) is 21.2 Å². The van der Waals surface area contributed by atoms with Crippen LogP contribution < -0.4 is 15.2 Å². The second-order valence-corrected chi connectivity index (χ2v) is 9.38. The van der Waals surface area contributed by atoms with Gasteiger partial charge in [0.25, 0.3) is 15.9 Å². The molecule has 0 atom stereocenters. The van der Waals surface area contributed by atoms with Crippen molar-refractivity contribution in [3.05, 3.63) is 99.9 Å². The molecule has 0 radical (unpaired) electrons. The third-order valence-corrected chi connectivity index (χ3v) is 7.21. The number of halogens is 1. The van der Waals surface area contributed by atoms with Crippen molar-refractivity contribution in [3.63, 3.8) is 0 Å². The number of sulfonamides is 1. The van der Waals surface area contributed by atoms with E-state index in [1.54, 1.807) is 61.5 Å². The zero-order chi connectivity index (χ0) is 23.6. The molecule has 168 valence electrons. The molecular weight excluding hydrogens is 464 g/mol. The van der Waals surface area contributed by atoms with Crippen molar-refractivity contribution in [2.24, 2.45) is 0 Å². The van der Waals surface area contributed by atoms with Crippen molar-refractivity contribution in [2.75, 3.05) is 16.2 Å². The maximum atomic E-state index is 13.3. The molecule has 33 heavy (non-hydrogen) atoms. The van der Waals surface area contributed by atoms with Gasteiger partial charge >= 0.3 is 5.63 Å². The lowest BCUT2D eigenvalue weighted by Gasteiger charge is -2.23. The molecule has 0 fully saturated rings. The summed E-state index contributed by atoms with van der Waals surface area (Å²) >= 11 is 6.23. The molecule has 0 aliphatic carbocycles. The summed E-state index contributed by atoms with van der Waals surface area (Å²) in [5, 5.41) is 3.44. The molecule has 0 saturated heterocycles. The highest BCUT2D eigenvalue weighted by atomic mass is 35.5. The Morgan fingerprint density at radius 2 is 1.76 bits per heavy atom. The topological polar surface area (TPSA) is 96.7 Å². The summed E-state index contributed by atoms with van der Waals surface area (Å²) in [5.74, 6) is -0.573. The molecule has 0 unspecified atom stereocenters. The molecule has 3 aromatic carbocycles. The number of carbonyl (C=O) groups is 1. The van der Waals surface area contributed by atoms with E-state index in [-0.39, 0.29) is 22.0 Å². The summed E-state index contributed by atoms with van der Waals surface area (Å²) in [6, 6.07) is 20.4. The van der Waals surface area contributed by atoms with Gasteiger partial charge < -0.3 is 9.73 Å². The lowest BCUT2D eigenvalue weighted by atomic mass is 10.2. The molecule has 4 aromatic rings. The molecule has 1 aromatic heterocycles. The lowest BCUT2D eigenvalue weighted by molar-refractivity contribution is 0.102. The molecule has 0 aliphatic heterocycles. The molecule has 0 spiro atoms. The fraction of sp³-hybridized carbons (Fsp3) is 0.0833. The number of benzene rings is 3. The van der Waals surface area contributed by atoms with Gasteiger partial charge in [-0.3, -0.25) is 9.10 Å². The Bertz CT molecular complexity index is 1500. The fourth-order valence-electron chi connectivity index (χ4n) is 3.40. The van der Waals surface area contributed by atoms with Crippen molar-refractivity contribution < 1.29 is 17.6 Å². The quantitative estimate of drug-likeness (QED) is 0.394. The molecule has 1 heterocycles. The predicted molar refractivity (Wildman–Crippen MR) is 129 cm³/mol. The van der Waals surface area contributed by atoms with E-state index in [1.165, 1.54) is 28.6 Å². The van der Waals surface area contributed by atoms with Crippen LogP contribution in [-0.2, 0) is 10.0 Å². The number of anilines is 2. The highest BCUT2D eigenvalue weighted by molar-refractivity contribution is 7.92. The van der Waals surface area contributed by atoms with E-state index in [0.29, 0.717) is 22.3 Å². The van der Waals surface area contributed by atoms with E-state index in [4.69, 9.17) is 16.0 Å². The maximum Gasteiger partial charge on any atom is 0.336 e. The van der Waals surface area contributed by atoms with Crippen LogP contribution in [0.15, 0.2) is 93.0 Å². The first-order valence-electron chi connectivity index (χ1n) is 10.0. The smallest absolute Gasteiger partial charge is 0.336 e. The first-order chi connectivity index (χ1) is 15.8. The van der Waals surface area contributed by atoms with Crippen LogP contribution in [-0.4, -0.2) is 20.9 Å². The van der Waals surface area contributed by atoms with Gasteiger partial charge in [0.15, 0.2) is 0 Å². The molecule has 7 nitrogen and oxygen atoms in total. The Morgan fingerprint density at radius 1 is 1.00 bits per heavy atom. The van der Waals surface area contributed by atoms with Crippen LogP contribution in [0.5, 0.6) is 0 Å². The van der Waals surface area contributed by atoms with Crippen LogP contribution in [0, 0.1) is 0 Å². The Kier molecular flexibility index (Phi) is 6.22. The monoisotopic (exact) mass is 482 g/mol. The molecule has 0 aliphatic rings. The minimum Gasteiger partial charge on any atom is -0.423 e. The average Bonchev–Trinajstić information content (AvgIpc) is 2.80. The number of nitrogens with one attached hydrogen (secondary N) is 1. The van der Waals surface area contributed by atoms with Gasteiger partial charge in [-0.25, -0.2) is 13.2 Å². The van der Waals surface area contributed by atoms with Gasteiger partial charge in [0, 0.05) is 23.7 Å². The molecule has 1 N–H and O–H groups in total. The molecule has 0 bridgehead atoms. The van der Waals surface area contributed by atoms with Crippen molar-refractivity contribution in [3.8, 4) is 0 Å². The van der Waals surface area contributed by atoms with E-state index in [0.717, 1.165) is 0 Å². The molecule has 1 amide bonds. The van der Waals surface area contributed by atoms with E-state index < -0.39 is 21.6 Å². The van der Waals surface area contributed by atoms with Crippen LogP contribution in [0.3, 0.4) is 0 Å². The number of hydrogen-bond donors (Lipinski definition) is 1. The average molecular weight is 483 g/mol. The van der Waals surface area contributed by atoms with Crippen molar-refractivity contribution in [2.45, 2.75) is 11.8 Å². The van der Waals surface area contributed by atoms with Crippen LogP contribution >= 0.6 is 11.6 Å². The van der Waals surface area contributed by atoms with E-state index in [2.05, 4.69) is 5.32 Å². The summed E-state index contributed by atoms with van der Waals surface area (Å²) in [5.41, 5.74) is 0.878. The highest BCUT2D eigenvalue weighted by Gasteiger charge is 2.25. The number of carbonyl (C=O) groups excluding carboxylic acids is 1. The summed E-state index contributed by atoms with van der Waals surface area (Å²) in [6.07, 6.45) is 0. The molecule has 9 heteroatoms. The normalized spacial score (nSPS) is 11.3. The number of rotatable bonds is 6. The van der Waals surface area contributed by atoms with Crippen LogP contribution in [0.4, 0.5) is 11.4 Å². The number of fused-ring (bicyclic) bond motifs is 1. The zero-order valence-corrected chi connectivity index (χ0v) is 19.1. The first kappa shape index (κ1) is 22.6. The summed E-state index contributed by atoms with van der Waals surface area (Å²) < 4.78 is 32.9. The van der Waals surface area contributed by atoms with Gasteiger partial charge in [-0.05, 0) is 61.5 Å². The van der Waals surface area contributed by atoms with Crippen LogP contribution in [0.2, 0.25) is 5.02 Å². The number of amides is 1. The second-order valence-electron chi connectivity index (χ2n) is 7.11. The highest BCUT2D eigenvalue weighted by Crippen LogP contribution is 2.27. The van der Waals surface area contributed by atoms with Crippen molar-refractivity contribution >= 4 is 49.9 Å². The Labute approximate surface area is 195 Å². The summed E-state index contributed by atoms with van der Waals surface area (Å²) in [4.78, 5) is 24.2. The van der Waals surface area contributed by atoms with Gasteiger partial charge in [-0.1, -0.05) is 29.8 Å². The van der Waals surface area contributed by atoms with E-state index in [9.17, 15) is 18.0 Å². The van der Waals surface area contributed by atoms with E-state index >= 15 is 0 Å². The van der Waals surface area contributed by atoms with Gasteiger partial charge in [0.1, 0.15) is 5.58 Å². The van der Waals surface area contributed by atoms with Gasteiger partial charge in [-0.15, -0.1) is 0 Å². The molecule has 0 saturated carbocycles. The first-order valence-corrected chi connectivity index (χ1v) is 11.8. The third kappa shape index (κ3) is 4.62. The standard InChI is InChI=1S/C24H19ClN2O5S/c1-2-27(18-6-4-3-5-7-18)33(30,31)19-10-11-21(25)20(15-19)24(29)26-17-9-12-22-16(14-17)8-13-23(28)32-22/h3-15H,2H2,1H3,(H,26,29). The SMILES string of the molecule is CCN(c1ccccc1)S(=O)(=O)c1ccc(Cl)c(C(=O)Nc2ccc3oc(=O)ccc3c2)c1. The molecular formula is C24H19ClN2O5S. The minimum absolute atomic E-state index is 0.0153. The number of hydrogen-bond acceptors (Lipinski definition) is 5. The number of nitrogens with zero attached hydrogens (tertiary/aromatic N) is 1. The Balaban J connectivity index is 1.66. The Morgan fingerprint density at radius 3 is 2.48 bits per heavy atom. The summed E-state index contributed by atoms with van der Waals surface area (Å²) in [6.45, 7) is 1.94. The largest absolute Gasteiger partial charge is 0.423 e. The number of para-hydroxylation sites is 1. The summed E-state index contributed by atoms with van der Waals surface area (Å²) in [7, 11) is -3.93. The van der Waals surface area contributed by atoms with Gasteiger partial charge in [-0.2, -0.15) is 0 Å². The van der Waals surface area contributed by atoms with Crippen molar-refractivity contribution in [1.82, 2.24) is 0 Å². The third-order valence-electron chi connectivity index (χ3n) is 4.98. The predicted octanol–water partition coefficient (Wildman–Crippen LogP) is 4.91. The van der Waals surface area contributed by atoms with Crippen LogP contribution in [0.25, 0.3) is 11.0 Å². The lowest BCUT2D eigenvalue weighted by Crippen LogP contribution is -2.31. The van der Waals surface area contributed by atoms with Gasteiger partial charge in [0.2, 0.25) is 0 Å². The maximum absolute atomic E-state index is 13.3. The van der Waals surface area contributed by atoms with Crippen molar-refractivity contribution in [1.29, 1.82) is 0 Å². The fourth-order valence-corrected chi connectivity index (χ4v) is 5.10. The second kappa shape index (κ2) is 9.09. The minimum atomic E-state index is -3.93. The Hall–Kier alpha value is -3.62. The van der Waals surface area contributed by atoms with Crippen LogP contribution in [0.1, 0.15) is 17.3 Å². The van der Waals surface area contributed by atoms with E-state index in [1.807, 2.05) is 0 Å².